The first-order valence-corrected chi connectivity index (χ1v) is 22.7. The molecule has 5 heterocycles. The number of alkyl halides is 1. The van der Waals surface area contributed by atoms with Crippen LogP contribution in [0.5, 0.6) is 5.75 Å². The molecule has 1 amide bonds. The Labute approximate surface area is 366 Å². The molecule has 0 saturated carbocycles. The maximum Gasteiger partial charge on any atom is 0.262 e. The number of likely N-dealkylation sites (tertiary alicyclic amines) is 1. The van der Waals surface area contributed by atoms with Gasteiger partial charge in [-0.2, -0.15) is 10.2 Å². The molecular weight excluding hydrogens is 851 g/mol. The van der Waals surface area contributed by atoms with Crippen molar-refractivity contribution in [2.24, 2.45) is 12.8 Å². The van der Waals surface area contributed by atoms with Crippen LogP contribution in [0.3, 0.4) is 0 Å². The summed E-state index contributed by atoms with van der Waals surface area (Å²) in [7, 11) is -2.54. The van der Waals surface area contributed by atoms with E-state index in [9.17, 15) is 22.0 Å². The molecule has 0 spiro atoms. The zero-order valence-corrected chi connectivity index (χ0v) is 36.4. The van der Waals surface area contributed by atoms with E-state index in [0.29, 0.717) is 53.7 Å². The molecule has 0 radical (unpaired) electrons. The smallest absolute Gasteiger partial charge is 0.262 e. The van der Waals surface area contributed by atoms with Crippen LogP contribution in [-0.4, -0.2) is 81.1 Å². The normalized spacial score (nSPS) is 14.5. The molecule has 7 aromatic rings. The minimum absolute atomic E-state index is 0.00861. The van der Waals surface area contributed by atoms with E-state index < -0.39 is 28.0 Å². The lowest BCUT2D eigenvalue weighted by molar-refractivity contribution is -0.137. The zero-order chi connectivity index (χ0) is 44.4. The molecule has 0 bridgehead atoms. The fraction of sp³-hybridized carbons (Fsp3) is 0.295. The fourth-order valence-corrected chi connectivity index (χ4v) is 9.14. The van der Waals surface area contributed by atoms with E-state index in [4.69, 9.17) is 31.1 Å². The number of ether oxygens (including phenoxy) is 2. The van der Waals surface area contributed by atoms with Gasteiger partial charge in [-0.25, -0.2) is 27.2 Å². The van der Waals surface area contributed by atoms with Gasteiger partial charge in [0.05, 0.1) is 57.6 Å². The van der Waals surface area contributed by atoms with Gasteiger partial charge in [0.25, 0.3) is 10.0 Å². The number of fused-ring (bicyclic) bond motifs is 1. The maximum absolute atomic E-state index is 13.6. The number of aryl methyl sites for hydroxylation is 2. The molecule has 1 saturated heterocycles. The number of carbonyl (C=O) groups excluding carboxylic acids is 1. The number of aromatic nitrogens is 6. The number of amides is 1. The highest BCUT2D eigenvalue weighted by atomic mass is 32.2. The maximum atomic E-state index is 13.6. The van der Waals surface area contributed by atoms with Gasteiger partial charge in [0.15, 0.2) is 0 Å². The number of thiazole rings is 1. The molecule has 328 valence electrons. The SMILES string of the molecule is Cc1ncsc1-c1ccc(C(N)COCC(=O)N2CCC(n3cc(-c4cnc(N)c5c(-c6ccc(NS(=O)(=O)CF)c(O[C@@H](C)c7ccc(F)cc7)c6)nn(C)c45)cn3)CC2)cc1. The summed E-state index contributed by atoms with van der Waals surface area (Å²) in [5.41, 5.74) is 21.6. The molecule has 5 N–H and O–H groups in total. The molecule has 0 aliphatic carbocycles. The molecule has 2 atom stereocenters. The summed E-state index contributed by atoms with van der Waals surface area (Å²) in [5.74, 6) is -0.196. The van der Waals surface area contributed by atoms with Gasteiger partial charge in [-0.15, -0.1) is 11.3 Å². The van der Waals surface area contributed by atoms with Crippen LogP contribution in [0.4, 0.5) is 20.3 Å². The van der Waals surface area contributed by atoms with Crippen molar-refractivity contribution in [1.82, 2.24) is 34.4 Å². The van der Waals surface area contributed by atoms with Crippen molar-refractivity contribution in [2.75, 3.05) is 42.8 Å². The van der Waals surface area contributed by atoms with Gasteiger partial charge in [-0.05, 0) is 67.6 Å². The highest BCUT2D eigenvalue weighted by Crippen LogP contribution is 2.40. The third-order valence-electron chi connectivity index (χ3n) is 11.2. The van der Waals surface area contributed by atoms with Gasteiger partial charge < -0.3 is 25.8 Å². The number of piperidine rings is 1. The molecule has 1 unspecified atom stereocenters. The number of pyridine rings is 1. The van der Waals surface area contributed by atoms with Gasteiger partial charge in [-0.1, -0.05) is 42.5 Å². The third-order valence-corrected chi connectivity index (χ3v) is 13.0. The highest BCUT2D eigenvalue weighted by molar-refractivity contribution is 7.92. The number of hydrogen-bond donors (Lipinski definition) is 3. The largest absolute Gasteiger partial charge is 0.484 e. The number of hydrogen-bond acceptors (Lipinski definition) is 12. The summed E-state index contributed by atoms with van der Waals surface area (Å²) in [6, 6.07) is 16.5. The number of anilines is 2. The molecule has 63 heavy (non-hydrogen) atoms. The molecule has 8 rings (SSSR count). The lowest BCUT2D eigenvalue weighted by Gasteiger charge is -2.32. The summed E-state index contributed by atoms with van der Waals surface area (Å²) < 4.78 is 69.4. The van der Waals surface area contributed by atoms with Crippen molar-refractivity contribution >= 4 is 49.7 Å². The number of halogens is 2. The Kier molecular flexibility index (Phi) is 12.5. The van der Waals surface area contributed by atoms with Crippen LogP contribution in [0.1, 0.15) is 54.8 Å². The first-order chi connectivity index (χ1) is 30.3. The van der Waals surface area contributed by atoms with Crippen LogP contribution in [0.15, 0.2) is 90.8 Å². The van der Waals surface area contributed by atoms with Crippen molar-refractivity contribution in [3.05, 3.63) is 113 Å². The predicted octanol–water partition coefficient (Wildman–Crippen LogP) is 7.34. The van der Waals surface area contributed by atoms with Crippen molar-refractivity contribution in [2.45, 2.75) is 44.9 Å². The van der Waals surface area contributed by atoms with Gasteiger partial charge in [0, 0.05) is 49.2 Å². The Morgan fingerprint density at radius 3 is 2.41 bits per heavy atom. The Hall–Kier alpha value is -6.28. The summed E-state index contributed by atoms with van der Waals surface area (Å²) in [4.78, 5) is 24.9. The standard InChI is InChI=1S/C44H46F2N10O5S2/c1-26-43(62-25-50-26)30-6-4-29(5-7-30)36(47)22-60-23-39(57)55-16-14-34(15-17-55)56-21-32(19-51-56)35-20-49-44(48)40-41(52-54(3)42(35)40)31-10-13-37(53-63(58,59)24-45)38(18-31)61-27(2)28-8-11-33(46)12-9-28/h4-13,18-21,25,27,34,36,53H,14-17,22-24,47H2,1-3H3,(H2,48,49)/t27-,36?/m0/s1. The Bertz CT molecular complexity index is 2860. The van der Waals surface area contributed by atoms with Gasteiger partial charge >= 0.3 is 0 Å². The molecule has 3 aromatic carbocycles. The van der Waals surface area contributed by atoms with Crippen molar-refractivity contribution in [3.63, 3.8) is 0 Å². The second kappa shape index (κ2) is 18.2. The minimum Gasteiger partial charge on any atom is -0.484 e. The van der Waals surface area contributed by atoms with E-state index in [-0.39, 0.29) is 48.5 Å². The van der Waals surface area contributed by atoms with Crippen LogP contribution < -0.4 is 20.9 Å². The van der Waals surface area contributed by atoms with E-state index in [1.54, 1.807) is 66.6 Å². The lowest BCUT2D eigenvalue weighted by atomic mass is 10.0. The number of nitrogens with one attached hydrogen (secondary N) is 1. The first-order valence-electron chi connectivity index (χ1n) is 20.2. The molecule has 1 aliphatic rings. The van der Waals surface area contributed by atoms with Crippen LogP contribution in [-0.2, 0) is 26.6 Å². The first kappa shape index (κ1) is 43.4. The monoisotopic (exact) mass is 896 g/mol. The van der Waals surface area contributed by atoms with Gasteiger partial charge in [0.1, 0.15) is 35.8 Å². The second-order valence-corrected chi connectivity index (χ2v) is 17.9. The molecule has 1 aliphatic heterocycles. The lowest BCUT2D eigenvalue weighted by Crippen LogP contribution is -2.41. The van der Waals surface area contributed by atoms with E-state index >= 15 is 0 Å². The van der Waals surface area contributed by atoms with E-state index in [2.05, 4.69) is 14.7 Å². The number of sulfonamides is 1. The Morgan fingerprint density at radius 2 is 1.71 bits per heavy atom. The van der Waals surface area contributed by atoms with Crippen molar-refractivity contribution in [1.29, 1.82) is 0 Å². The summed E-state index contributed by atoms with van der Waals surface area (Å²) in [5, 5.41) is 10.1. The summed E-state index contributed by atoms with van der Waals surface area (Å²) in [6.07, 6.45) is 6.14. The van der Waals surface area contributed by atoms with Gasteiger partial charge in [0.2, 0.25) is 11.9 Å². The summed E-state index contributed by atoms with van der Waals surface area (Å²) >= 11 is 1.60. The average molecular weight is 897 g/mol. The third kappa shape index (κ3) is 9.41. The molecule has 15 nitrogen and oxygen atoms in total. The number of nitrogen functional groups attached to an aromatic ring is 1. The second-order valence-electron chi connectivity index (χ2n) is 15.4. The van der Waals surface area contributed by atoms with E-state index in [0.717, 1.165) is 32.8 Å². The molecule has 4 aromatic heterocycles. The van der Waals surface area contributed by atoms with Crippen LogP contribution >= 0.6 is 11.3 Å². The van der Waals surface area contributed by atoms with E-state index in [1.807, 2.05) is 52.5 Å². The molecule has 19 heteroatoms. The topological polar surface area (TPSA) is 198 Å². The number of rotatable bonds is 15. The average Bonchev–Trinajstić information content (AvgIpc) is 4.04. The molecular formula is C44H46F2N10O5S2. The Balaban J connectivity index is 0.936. The molecule has 1 fully saturated rings. The van der Waals surface area contributed by atoms with Crippen LogP contribution in [0, 0.1) is 12.7 Å². The summed E-state index contributed by atoms with van der Waals surface area (Å²) in [6.45, 7) is 4.97. The van der Waals surface area contributed by atoms with Crippen LogP contribution in [0.25, 0.3) is 43.7 Å². The number of carbonyl (C=O) groups is 1. The number of nitrogens with zero attached hydrogens (tertiary/aromatic N) is 7. The number of benzene rings is 3. The van der Waals surface area contributed by atoms with Gasteiger partial charge in [-0.3, -0.25) is 18.9 Å². The number of nitrogens with two attached hydrogens (primary N) is 2. The zero-order valence-electron chi connectivity index (χ0n) is 34.7. The van der Waals surface area contributed by atoms with Crippen LogP contribution in [0.2, 0.25) is 0 Å². The van der Waals surface area contributed by atoms with Crippen molar-refractivity contribution < 1.29 is 31.5 Å². The minimum atomic E-state index is -4.32. The highest BCUT2D eigenvalue weighted by Gasteiger charge is 2.27. The van der Waals surface area contributed by atoms with Crippen molar-refractivity contribution in [3.8, 4) is 38.6 Å². The Morgan fingerprint density at radius 1 is 1.00 bits per heavy atom. The van der Waals surface area contributed by atoms with E-state index in [1.165, 1.54) is 18.2 Å². The quantitative estimate of drug-likeness (QED) is 0.0931. The predicted molar refractivity (Wildman–Crippen MR) is 238 cm³/mol. The fourth-order valence-electron chi connectivity index (χ4n) is 7.77.